The average Bonchev–Trinajstić information content (AvgIpc) is 2.76. The quantitative estimate of drug-likeness (QED) is 0.124. The van der Waals surface area contributed by atoms with Gasteiger partial charge in [0, 0.05) is 11.0 Å². The molecule has 12 heteroatoms. The first kappa shape index (κ1) is 22.6. The Labute approximate surface area is 191 Å². The highest BCUT2D eigenvalue weighted by atomic mass is 32.2. The van der Waals surface area contributed by atoms with Gasteiger partial charge in [-0.05, 0) is 43.3 Å². The summed E-state index contributed by atoms with van der Waals surface area (Å²) in [5.41, 5.74) is 1.52. The zero-order valence-corrected chi connectivity index (χ0v) is 18.9. The Balaban J connectivity index is 1.96. The number of hydrogen-bond acceptors (Lipinski definition) is 10. The Hall–Kier alpha value is -2.58. The smallest absolute Gasteiger partial charge is 0.296 e. The number of benzene rings is 3. The van der Waals surface area contributed by atoms with Crippen molar-refractivity contribution in [1.29, 1.82) is 0 Å². The minimum absolute atomic E-state index is 0.0434. The summed E-state index contributed by atoms with van der Waals surface area (Å²) in [6.45, 7) is 2.17. The molecule has 0 amide bonds. The van der Waals surface area contributed by atoms with Gasteiger partial charge in [-0.25, -0.2) is 15.2 Å². The van der Waals surface area contributed by atoms with Crippen molar-refractivity contribution in [1.82, 2.24) is 4.98 Å². The lowest BCUT2D eigenvalue weighted by Crippen LogP contribution is -2.10. The molecule has 166 valence electrons. The zero-order valence-electron chi connectivity index (χ0n) is 16.5. The highest BCUT2D eigenvalue weighted by molar-refractivity contribution is 7.94. The van der Waals surface area contributed by atoms with Crippen molar-refractivity contribution in [3.63, 3.8) is 0 Å². The molecule has 2 aromatic carbocycles. The van der Waals surface area contributed by atoms with E-state index in [1.807, 2.05) is 31.2 Å². The van der Waals surface area contributed by atoms with Crippen molar-refractivity contribution in [3.8, 4) is 16.3 Å². The SMILES string of the molecule is CCOc1cc2nc3ccccc3sc-2cc1=Nc1cc(SOOO)ccc1S(=O)(=O)O. The summed E-state index contributed by atoms with van der Waals surface area (Å²) in [7, 11) is -4.56. The van der Waals surface area contributed by atoms with Crippen LogP contribution in [-0.4, -0.2) is 29.8 Å². The molecule has 0 atom stereocenters. The van der Waals surface area contributed by atoms with Crippen molar-refractivity contribution < 1.29 is 32.3 Å². The number of hydrogen-bond donors (Lipinski definition) is 2. The van der Waals surface area contributed by atoms with Gasteiger partial charge < -0.3 is 4.74 Å². The van der Waals surface area contributed by atoms with Gasteiger partial charge in [0.2, 0.25) is 0 Å². The van der Waals surface area contributed by atoms with E-state index in [1.165, 1.54) is 29.5 Å². The number of nitrogens with zero attached hydrogens (tertiary/aromatic N) is 2. The van der Waals surface area contributed by atoms with Crippen LogP contribution in [0.25, 0.3) is 20.8 Å². The summed E-state index contributed by atoms with van der Waals surface area (Å²) in [5.74, 6) is 0.407. The van der Waals surface area contributed by atoms with Gasteiger partial charge in [-0.2, -0.15) is 8.42 Å². The third kappa shape index (κ3) is 4.91. The molecule has 2 aromatic rings. The zero-order chi connectivity index (χ0) is 22.7. The van der Waals surface area contributed by atoms with Crippen LogP contribution in [0.5, 0.6) is 5.75 Å². The Kier molecular flexibility index (Phi) is 6.71. The third-order valence-electron chi connectivity index (χ3n) is 4.28. The number of fused-ring (bicyclic) bond motifs is 2. The normalized spacial score (nSPS) is 12.5. The Bertz CT molecular complexity index is 1420. The summed E-state index contributed by atoms with van der Waals surface area (Å²) in [6, 6.07) is 15.1. The molecule has 4 rings (SSSR count). The van der Waals surface area contributed by atoms with Gasteiger partial charge in [-0.1, -0.05) is 17.2 Å². The summed E-state index contributed by atoms with van der Waals surface area (Å²) in [4.78, 5) is 9.94. The van der Waals surface area contributed by atoms with Crippen LogP contribution in [0, 0.1) is 0 Å². The van der Waals surface area contributed by atoms with Crippen molar-refractivity contribution >= 4 is 49.4 Å². The molecule has 0 bridgehead atoms. The van der Waals surface area contributed by atoms with Crippen LogP contribution in [0.4, 0.5) is 5.69 Å². The van der Waals surface area contributed by atoms with Gasteiger partial charge in [0.15, 0.2) is 0 Å². The van der Waals surface area contributed by atoms with E-state index in [2.05, 4.69) is 19.3 Å². The lowest BCUT2D eigenvalue weighted by Gasteiger charge is -2.11. The van der Waals surface area contributed by atoms with E-state index in [0.29, 0.717) is 40.3 Å². The summed E-state index contributed by atoms with van der Waals surface area (Å²) in [5, 5.41) is 12.3. The van der Waals surface area contributed by atoms with E-state index >= 15 is 0 Å². The van der Waals surface area contributed by atoms with E-state index < -0.39 is 15.0 Å². The molecule has 0 aromatic heterocycles. The van der Waals surface area contributed by atoms with Gasteiger partial charge in [-0.15, -0.1) is 15.7 Å². The van der Waals surface area contributed by atoms with Crippen molar-refractivity contribution in [2.24, 2.45) is 4.99 Å². The van der Waals surface area contributed by atoms with Gasteiger partial charge in [0.05, 0.1) is 45.1 Å². The van der Waals surface area contributed by atoms with Crippen LogP contribution in [0.3, 0.4) is 0 Å². The maximum absolute atomic E-state index is 11.9. The third-order valence-corrected chi connectivity index (χ3v) is 6.86. The molecule has 0 unspecified atom stereocenters. The molecule has 0 saturated carbocycles. The van der Waals surface area contributed by atoms with Crippen molar-refractivity contribution in [2.45, 2.75) is 16.7 Å². The maximum atomic E-state index is 11.9. The fourth-order valence-corrected chi connectivity index (χ4v) is 4.97. The molecule has 0 spiro atoms. The van der Waals surface area contributed by atoms with E-state index in [0.717, 1.165) is 15.1 Å². The fraction of sp³-hybridized carbons (Fsp3) is 0.100. The lowest BCUT2D eigenvalue weighted by molar-refractivity contribution is -0.432. The van der Waals surface area contributed by atoms with Crippen LogP contribution in [0.2, 0.25) is 0 Å². The molecule has 0 radical (unpaired) electrons. The molecule has 1 aliphatic carbocycles. The predicted molar refractivity (Wildman–Crippen MR) is 120 cm³/mol. The van der Waals surface area contributed by atoms with Crippen molar-refractivity contribution in [2.75, 3.05) is 6.61 Å². The van der Waals surface area contributed by atoms with Crippen LogP contribution in [-0.2, 0) is 19.5 Å². The lowest BCUT2D eigenvalue weighted by atomic mass is 10.2. The molecular weight excluding hydrogens is 476 g/mol. The summed E-state index contributed by atoms with van der Waals surface area (Å²) < 4.78 is 44.5. The van der Waals surface area contributed by atoms with Gasteiger partial charge in [-0.3, -0.25) is 4.55 Å². The van der Waals surface area contributed by atoms with E-state index in [1.54, 1.807) is 12.1 Å². The second kappa shape index (κ2) is 9.50. The largest absolute Gasteiger partial charge is 0.492 e. The van der Waals surface area contributed by atoms with Gasteiger partial charge in [0.1, 0.15) is 16.0 Å². The molecule has 1 aliphatic heterocycles. The summed E-state index contributed by atoms with van der Waals surface area (Å²) in [6.07, 6.45) is 0. The first-order chi connectivity index (χ1) is 15.4. The maximum Gasteiger partial charge on any atom is 0.296 e. The van der Waals surface area contributed by atoms with Crippen LogP contribution < -0.4 is 10.1 Å². The van der Waals surface area contributed by atoms with Gasteiger partial charge in [0.25, 0.3) is 10.1 Å². The minimum atomic E-state index is -4.56. The Morgan fingerprint density at radius 2 is 1.97 bits per heavy atom. The minimum Gasteiger partial charge on any atom is -0.492 e. The van der Waals surface area contributed by atoms with E-state index in [9.17, 15) is 13.0 Å². The highest BCUT2D eigenvalue weighted by Crippen LogP contribution is 2.33. The highest BCUT2D eigenvalue weighted by Gasteiger charge is 2.18. The van der Waals surface area contributed by atoms with Gasteiger partial charge >= 0.3 is 0 Å². The van der Waals surface area contributed by atoms with Crippen LogP contribution in [0.15, 0.2) is 69.4 Å². The molecule has 2 aliphatic rings. The van der Waals surface area contributed by atoms with Crippen LogP contribution in [0.1, 0.15) is 6.92 Å². The van der Waals surface area contributed by atoms with Crippen LogP contribution >= 0.6 is 23.4 Å². The number of rotatable bonds is 7. The number of ether oxygens (including phenoxy) is 1. The Morgan fingerprint density at radius 1 is 1.16 bits per heavy atom. The first-order valence-corrected chi connectivity index (χ1v) is 12.2. The Morgan fingerprint density at radius 3 is 2.72 bits per heavy atom. The molecule has 2 N–H and O–H groups in total. The standard InChI is InChI=1S/C20H16N2O7S3/c1-2-27-17-10-15-19(30-18-6-4-3-5-13(18)21-15)11-14(17)22-16-9-12(31-29-28-23)7-8-20(16)32(24,25)26/h3-11,23H,2H2,1H3,(H,24,25,26). The predicted octanol–water partition coefficient (Wildman–Crippen LogP) is 4.71. The molecule has 1 heterocycles. The molecule has 0 saturated heterocycles. The molecular formula is C20H16N2O7S3. The number of aromatic nitrogens is 1. The summed E-state index contributed by atoms with van der Waals surface area (Å²) >= 11 is 2.15. The van der Waals surface area contributed by atoms with E-state index in [4.69, 9.17) is 9.99 Å². The second-order valence-electron chi connectivity index (χ2n) is 6.34. The molecule has 32 heavy (non-hydrogen) atoms. The second-order valence-corrected chi connectivity index (χ2v) is 9.59. The average molecular weight is 493 g/mol. The molecule has 9 nitrogen and oxygen atoms in total. The first-order valence-electron chi connectivity index (χ1n) is 9.16. The number of para-hydroxylation sites is 1. The van der Waals surface area contributed by atoms with E-state index in [-0.39, 0.29) is 5.69 Å². The van der Waals surface area contributed by atoms with Crippen molar-refractivity contribution in [3.05, 3.63) is 60.0 Å². The monoisotopic (exact) mass is 492 g/mol. The molecule has 0 fully saturated rings. The topological polar surface area (TPSA) is 128 Å². The fourth-order valence-electron chi connectivity index (χ4n) is 2.99.